The van der Waals surface area contributed by atoms with Crippen LogP contribution in [0.1, 0.15) is 21.9 Å². The van der Waals surface area contributed by atoms with Gasteiger partial charge in [-0.05, 0) is 111 Å². The summed E-state index contributed by atoms with van der Waals surface area (Å²) in [6.07, 6.45) is 0. The van der Waals surface area contributed by atoms with Crippen LogP contribution < -0.4 is 4.90 Å². The number of benzene rings is 9. The summed E-state index contributed by atoms with van der Waals surface area (Å²) in [5, 5.41) is 1.69. The fraction of sp³-hybridized carbons (Fsp3) is 0. The Kier molecular flexibility index (Phi) is 5.23. The molecule has 0 amide bonds. The molecule has 1 aromatic heterocycles. The summed E-state index contributed by atoms with van der Waals surface area (Å²) >= 11 is 0. The maximum absolute atomic E-state index is 9.75. The van der Waals surface area contributed by atoms with E-state index in [-0.39, 0.29) is 28.2 Å². The maximum atomic E-state index is 9.75. The molecule has 10 rings (SSSR count). The summed E-state index contributed by atoms with van der Waals surface area (Å²) in [5.41, 5.74) is 2.18. The highest BCUT2D eigenvalue weighted by Crippen LogP contribution is 2.42. The quantitative estimate of drug-likeness (QED) is 0.151. The molecule has 0 aliphatic rings. The van der Waals surface area contributed by atoms with Crippen LogP contribution in [-0.2, 0) is 0 Å². The maximum Gasteiger partial charge on any atom is 0.0645 e. The van der Waals surface area contributed by atoms with Crippen molar-refractivity contribution in [1.29, 1.82) is 0 Å². The van der Waals surface area contributed by atoms with Gasteiger partial charge in [-0.2, -0.15) is 0 Å². The van der Waals surface area contributed by atoms with Gasteiger partial charge in [0, 0.05) is 33.5 Å². The minimum Gasteiger partial charge on any atom is -0.310 e. The third-order valence-electron chi connectivity index (χ3n) is 9.67. The molecule has 0 N–H and O–H groups in total. The van der Waals surface area contributed by atoms with Crippen LogP contribution in [0.15, 0.2) is 230 Å². The Labute approximate surface area is 350 Å². The zero-order valence-electron chi connectivity index (χ0n) is 45.6. The molecule has 0 radical (unpaired) electrons. The van der Waals surface area contributed by atoms with E-state index in [1.165, 1.54) is 11.0 Å². The summed E-state index contributed by atoms with van der Waals surface area (Å²) in [5.74, 6) is 0. The van der Waals surface area contributed by atoms with E-state index in [0.717, 1.165) is 38.6 Å². The molecule has 0 aliphatic heterocycles. The van der Waals surface area contributed by atoms with E-state index in [9.17, 15) is 8.22 Å². The topological polar surface area (TPSA) is 8.17 Å². The Hall–Kier alpha value is -7.42. The van der Waals surface area contributed by atoms with Gasteiger partial charge < -0.3 is 9.47 Å². The standard InChI is InChI=1S/C54H38N2/c1-5-15-39(16-6-1)40-25-30-46(31-26-40)55(48-34-35-49(42-17-7-2-8-18-42)51(38-48)43-19-9-3-10-20-43)47-32-27-41(28-33-47)44-29-36-54-52(37-44)50-23-13-14-24-53(50)56(54)45-21-11-4-12-22-45/h1-38H/i2D,3D,7D,8D,9D,10D,17D,18D,19D,20D,27D,28D,32D,33D,34D,35D. The van der Waals surface area contributed by atoms with Crippen molar-refractivity contribution in [2.24, 2.45) is 0 Å². The average molecular weight is 731 g/mol. The number of anilines is 3. The fourth-order valence-electron chi connectivity index (χ4n) is 7.08. The van der Waals surface area contributed by atoms with Crippen molar-refractivity contribution in [1.82, 2.24) is 4.57 Å². The Morgan fingerprint density at radius 3 is 1.62 bits per heavy atom. The van der Waals surface area contributed by atoms with Gasteiger partial charge >= 0.3 is 0 Å². The van der Waals surface area contributed by atoms with E-state index in [1.807, 2.05) is 97.1 Å². The molecule has 0 unspecified atom stereocenters. The molecule has 264 valence electrons. The van der Waals surface area contributed by atoms with Crippen LogP contribution in [0.5, 0.6) is 0 Å². The fourth-order valence-corrected chi connectivity index (χ4v) is 7.08. The molecule has 0 bridgehead atoms. The second kappa shape index (κ2) is 14.4. The molecule has 0 atom stereocenters. The predicted octanol–water partition coefficient (Wildman–Crippen LogP) is 14.9. The first-order valence-electron chi connectivity index (χ1n) is 25.9. The van der Waals surface area contributed by atoms with E-state index >= 15 is 0 Å². The first kappa shape index (κ1) is 20.3. The average Bonchev–Trinajstić information content (AvgIpc) is 3.73. The summed E-state index contributed by atoms with van der Waals surface area (Å²) < 4.78 is 147. The number of para-hydroxylation sites is 2. The van der Waals surface area contributed by atoms with Gasteiger partial charge in [-0.1, -0.05) is 163 Å². The molecule has 0 fully saturated rings. The molecule has 10 aromatic rings. The van der Waals surface area contributed by atoms with Crippen LogP contribution in [0.3, 0.4) is 0 Å². The molecule has 0 spiro atoms. The molecule has 9 aromatic carbocycles. The third-order valence-corrected chi connectivity index (χ3v) is 9.67. The summed E-state index contributed by atoms with van der Waals surface area (Å²) in [7, 11) is 0. The SMILES string of the molecule is [2H]c1c(N(c2ccc(-c3ccccc3)cc2)c2c([2H])c([2H])c(-c3ccc4c(c3)c3ccccc3n4-c3ccccc3)c([2H])c2[2H])cc(-c2c([2H])c([2H])c([2H])c([2H])c2[2H])c(-c2c([2H])c([2H])c([2H])c([2H])c2[2H])c1[2H]. The van der Waals surface area contributed by atoms with E-state index in [2.05, 4.69) is 4.57 Å². The second-order valence-electron chi connectivity index (χ2n) is 13.0. The molecular weight excluding hydrogens is 677 g/mol. The molecule has 2 heteroatoms. The van der Waals surface area contributed by atoms with Crippen LogP contribution in [-0.4, -0.2) is 4.57 Å². The molecule has 0 saturated heterocycles. The normalized spacial score (nSPS) is 15.2. The van der Waals surface area contributed by atoms with Crippen LogP contribution in [0, 0.1) is 0 Å². The van der Waals surface area contributed by atoms with Crippen molar-refractivity contribution < 1.29 is 21.9 Å². The number of nitrogens with zero attached hydrogens (tertiary/aromatic N) is 2. The van der Waals surface area contributed by atoms with Gasteiger partial charge in [0.05, 0.1) is 33.0 Å². The van der Waals surface area contributed by atoms with E-state index in [4.69, 9.17) is 13.7 Å². The summed E-state index contributed by atoms with van der Waals surface area (Å²) in [6.45, 7) is 0. The van der Waals surface area contributed by atoms with Crippen LogP contribution in [0.2, 0.25) is 0 Å². The lowest BCUT2D eigenvalue weighted by molar-refractivity contribution is 1.18. The first-order chi connectivity index (χ1) is 34.4. The number of rotatable bonds is 8. The van der Waals surface area contributed by atoms with Gasteiger partial charge in [-0.3, -0.25) is 0 Å². The van der Waals surface area contributed by atoms with Crippen molar-refractivity contribution in [3.8, 4) is 50.2 Å². The van der Waals surface area contributed by atoms with Gasteiger partial charge in [0.2, 0.25) is 0 Å². The molecule has 2 nitrogen and oxygen atoms in total. The minimum atomic E-state index is -0.784. The Morgan fingerprint density at radius 1 is 0.339 bits per heavy atom. The van der Waals surface area contributed by atoms with Gasteiger partial charge in [0.1, 0.15) is 0 Å². The van der Waals surface area contributed by atoms with Crippen molar-refractivity contribution >= 4 is 38.9 Å². The van der Waals surface area contributed by atoms with Crippen molar-refractivity contribution in [2.45, 2.75) is 0 Å². The van der Waals surface area contributed by atoms with Gasteiger partial charge in [0.15, 0.2) is 0 Å². The molecule has 0 saturated carbocycles. The highest BCUT2D eigenvalue weighted by molar-refractivity contribution is 6.10. The summed E-state index contributed by atoms with van der Waals surface area (Å²) in [6, 6.07) is 29.2. The molecule has 0 aliphatic carbocycles. The number of fused-ring (bicyclic) bond motifs is 3. The van der Waals surface area contributed by atoms with Gasteiger partial charge in [-0.15, -0.1) is 0 Å². The van der Waals surface area contributed by atoms with Crippen LogP contribution >= 0.6 is 0 Å². The van der Waals surface area contributed by atoms with E-state index in [1.54, 1.807) is 30.3 Å². The Morgan fingerprint density at radius 2 is 0.911 bits per heavy atom. The highest BCUT2D eigenvalue weighted by Gasteiger charge is 2.18. The lowest BCUT2D eigenvalue weighted by Gasteiger charge is -2.27. The minimum absolute atomic E-state index is 0.0183. The zero-order valence-corrected chi connectivity index (χ0v) is 29.6. The van der Waals surface area contributed by atoms with Crippen molar-refractivity contribution in [3.05, 3.63) is 230 Å². The zero-order chi connectivity index (χ0) is 51.2. The summed E-state index contributed by atoms with van der Waals surface area (Å²) in [4.78, 5) is 1.24. The number of aromatic nitrogens is 1. The Bertz CT molecular complexity index is 3790. The van der Waals surface area contributed by atoms with Crippen molar-refractivity contribution in [3.63, 3.8) is 0 Å². The van der Waals surface area contributed by atoms with Gasteiger partial charge in [0.25, 0.3) is 0 Å². The second-order valence-corrected chi connectivity index (χ2v) is 13.0. The molecule has 1 heterocycles. The van der Waals surface area contributed by atoms with Crippen molar-refractivity contribution in [2.75, 3.05) is 4.90 Å². The lowest BCUT2D eigenvalue weighted by atomic mass is 9.93. The number of hydrogen-bond acceptors (Lipinski definition) is 1. The van der Waals surface area contributed by atoms with E-state index < -0.39 is 113 Å². The highest BCUT2D eigenvalue weighted by atomic mass is 15.1. The predicted molar refractivity (Wildman–Crippen MR) is 237 cm³/mol. The third kappa shape index (κ3) is 6.14. The largest absolute Gasteiger partial charge is 0.310 e. The Balaban J connectivity index is 1.27. The van der Waals surface area contributed by atoms with Crippen LogP contribution in [0.4, 0.5) is 17.1 Å². The first-order valence-corrected chi connectivity index (χ1v) is 17.9. The molecular formula is C54H38N2. The number of hydrogen-bond donors (Lipinski definition) is 0. The van der Waals surface area contributed by atoms with Crippen LogP contribution in [0.25, 0.3) is 72.0 Å². The monoisotopic (exact) mass is 730 g/mol. The lowest BCUT2D eigenvalue weighted by Crippen LogP contribution is -2.10. The molecule has 56 heavy (non-hydrogen) atoms. The smallest absolute Gasteiger partial charge is 0.0645 e. The van der Waals surface area contributed by atoms with E-state index in [0.29, 0.717) is 5.56 Å². The van der Waals surface area contributed by atoms with Gasteiger partial charge in [-0.25, -0.2) is 0 Å².